The monoisotopic (exact) mass is 293 g/mol. The molecule has 0 aromatic carbocycles. The first-order valence-corrected chi connectivity index (χ1v) is 8.52. The second-order valence-electron chi connectivity index (χ2n) is 8.94. The fraction of sp³-hybridized carbons (Fsp3) is 0.941. The Balaban J connectivity index is 1.65. The molecule has 4 nitrogen and oxygen atoms in total. The molecule has 1 amide bonds. The average molecular weight is 293 g/mol. The molecule has 3 aliphatic rings. The topological polar surface area (TPSA) is 67.2 Å². The molecule has 4 unspecified atom stereocenters. The van der Waals surface area contributed by atoms with Crippen molar-refractivity contribution in [3.63, 3.8) is 0 Å². The van der Waals surface area contributed by atoms with Gasteiger partial charge in [0, 0.05) is 23.2 Å². The number of rotatable bonds is 2. The van der Waals surface area contributed by atoms with Crippen LogP contribution in [0.1, 0.15) is 59.8 Å². The van der Waals surface area contributed by atoms with Crippen LogP contribution in [0.15, 0.2) is 0 Å². The molecule has 3 fully saturated rings. The van der Waals surface area contributed by atoms with Gasteiger partial charge in [0.15, 0.2) is 0 Å². The summed E-state index contributed by atoms with van der Waals surface area (Å²) in [5, 5.41) is 6.99. The quantitative estimate of drug-likeness (QED) is 0.727. The molecule has 1 aliphatic heterocycles. The molecular formula is C17H31N3O. The van der Waals surface area contributed by atoms with Crippen molar-refractivity contribution in [2.24, 2.45) is 23.5 Å². The molecule has 3 rings (SSSR count). The Bertz CT molecular complexity index is 414. The van der Waals surface area contributed by atoms with Crippen LogP contribution in [-0.2, 0) is 4.79 Å². The zero-order valence-corrected chi connectivity index (χ0v) is 13.9. The van der Waals surface area contributed by atoms with Crippen LogP contribution in [0.5, 0.6) is 0 Å². The Hall–Kier alpha value is -0.610. The van der Waals surface area contributed by atoms with Gasteiger partial charge < -0.3 is 16.4 Å². The number of hydrogen-bond acceptors (Lipinski definition) is 3. The zero-order chi connectivity index (χ0) is 15.4. The molecule has 2 aliphatic carbocycles. The van der Waals surface area contributed by atoms with Gasteiger partial charge >= 0.3 is 0 Å². The van der Waals surface area contributed by atoms with Crippen LogP contribution in [-0.4, -0.2) is 29.1 Å². The maximum absolute atomic E-state index is 12.7. The van der Waals surface area contributed by atoms with Crippen molar-refractivity contribution in [1.82, 2.24) is 10.6 Å². The van der Waals surface area contributed by atoms with E-state index in [4.69, 9.17) is 5.73 Å². The highest BCUT2D eigenvalue weighted by atomic mass is 16.2. The number of piperidine rings is 1. The molecule has 4 atom stereocenters. The Morgan fingerprint density at radius 2 is 1.67 bits per heavy atom. The van der Waals surface area contributed by atoms with E-state index >= 15 is 0 Å². The molecule has 2 saturated carbocycles. The standard InChI is InChI=1S/C17H31N3O/c1-16(2)8-12(9-17(3,4)20-16)19-15(21)13-10-5-6-11(7-10)14(13)18/h10-14,20H,5-9,18H2,1-4H3,(H,19,21). The molecule has 0 aromatic heterocycles. The number of amides is 1. The second kappa shape index (κ2) is 4.95. The Morgan fingerprint density at radius 3 is 2.19 bits per heavy atom. The predicted octanol–water partition coefficient (Wildman–Crippen LogP) is 1.79. The van der Waals surface area contributed by atoms with Crippen LogP contribution in [0.3, 0.4) is 0 Å². The summed E-state index contributed by atoms with van der Waals surface area (Å²) in [6.07, 6.45) is 5.56. The van der Waals surface area contributed by atoms with Crippen LogP contribution in [0.2, 0.25) is 0 Å². The van der Waals surface area contributed by atoms with Gasteiger partial charge in [-0.25, -0.2) is 0 Å². The van der Waals surface area contributed by atoms with Crippen molar-refractivity contribution in [2.75, 3.05) is 0 Å². The third kappa shape index (κ3) is 2.98. The Kier molecular flexibility index (Phi) is 3.61. The van der Waals surface area contributed by atoms with Crippen LogP contribution < -0.4 is 16.4 Å². The molecule has 1 heterocycles. The van der Waals surface area contributed by atoms with Crippen LogP contribution in [0.25, 0.3) is 0 Å². The molecule has 0 spiro atoms. The van der Waals surface area contributed by atoms with Gasteiger partial charge in [-0.15, -0.1) is 0 Å². The molecule has 120 valence electrons. The number of nitrogens with one attached hydrogen (secondary N) is 2. The van der Waals surface area contributed by atoms with Gasteiger partial charge in [0.05, 0.1) is 5.92 Å². The normalized spacial score (nSPS) is 41.2. The highest BCUT2D eigenvalue weighted by Crippen LogP contribution is 2.47. The molecule has 0 radical (unpaired) electrons. The van der Waals surface area contributed by atoms with Crippen molar-refractivity contribution < 1.29 is 4.79 Å². The maximum Gasteiger partial charge on any atom is 0.225 e. The van der Waals surface area contributed by atoms with Crippen molar-refractivity contribution in [2.45, 2.75) is 83.0 Å². The fourth-order valence-corrected chi connectivity index (χ4v) is 5.45. The molecule has 4 heteroatoms. The number of carbonyl (C=O) groups is 1. The van der Waals surface area contributed by atoms with E-state index in [9.17, 15) is 4.79 Å². The summed E-state index contributed by atoms with van der Waals surface area (Å²) < 4.78 is 0. The first-order valence-electron chi connectivity index (χ1n) is 8.52. The minimum atomic E-state index is 0.0601. The predicted molar refractivity (Wildman–Crippen MR) is 84.8 cm³/mol. The first-order chi connectivity index (χ1) is 9.67. The lowest BCUT2D eigenvalue weighted by Gasteiger charge is -2.47. The summed E-state index contributed by atoms with van der Waals surface area (Å²) in [6, 6.07) is 0.349. The van der Waals surface area contributed by atoms with E-state index in [1.165, 1.54) is 19.3 Å². The van der Waals surface area contributed by atoms with Gasteiger partial charge in [-0.05, 0) is 71.6 Å². The van der Waals surface area contributed by atoms with Gasteiger partial charge in [-0.2, -0.15) is 0 Å². The lowest BCUT2D eigenvalue weighted by Crippen LogP contribution is -2.63. The highest BCUT2D eigenvalue weighted by molar-refractivity contribution is 5.80. The van der Waals surface area contributed by atoms with E-state index in [-0.39, 0.29) is 35.0 Å². The van der Waals surface area contributed by atoms with Crippen LogP contribution >= 0.6 is 0 Å². The SMILES string of the molecule is CC1(C)CC(NC(=O)C2C3CCC(C3)C2N)CC(C)(C)N1. The number of fused-ring (bicyclic) bond motifs is 2. The second-order valence-corrected chi connectivity index (χ2v) is 8.94. The van der Waals surface area contributed by atoms with Crippen molar-refractivity contribution in [3.05, 3.63) is 0 Å². The van der Waals surface area contributed by atoms with E-state index in [0.717, 1.165) is 12.8 Å². The van der Waals surface area contributed by atoms with Gasteiger partial charge in [0.1, 0.15) is 0 Å². The smallest absolute Gasteiger partial charge is 0.225 e. The van der Waals surface area contributed by atoms with Crippen molar-refractivity contribution in [3.8, 4) is 0 Å². The average Bonchev–Trinajstić information content (AvgIpc) is 2.83. The van der Waals surface area contributed by atoms with E-state index in [1.807, 2.05) is 0 Å². The number of carbonyl (C=O) groups excluding carboxylic acids is 1. The lowest BCUT2D eigenvalue weighted by molar-refractivity contribution is -0.128. The van der Waals surface area contributed by atoms with Crippen LogP contribution in [0.4, 0.5) is 0 Å². The van der Waals surface area contributed by atoms with Crippen LogP contribution in [0, 0.1) is 17.8 Å². The third-order valence-electron chi connectivity index (χ3n) is 5.82. The molecule has 2 bridgehead atoms. The zero-order valence-electron chi connectivity index (χ0n) is 13.9. The van der Waals surface area contributed by atoms with Gasteiger partial charge in [-0.1, -0.05) is 0 Å². The van der Waals surface area contributed by atoms with Crippen molar-refractivity contribution >= 4 is 5.91 Å². The van der Waals surface area contributed by atoms with E-state index in [0.29, 0.717) is 11.8 Å². The van der Waals surface area contributed by atoms with E-state index in [2.05, 4.69) is 38.3 Å². The number of hydrogen-bond donors (Lipinski definition) is 3. The summed E-state index contributed by atoms with van der Waals surface area (Å²) in [4.78, 5) is 12.7. The highest BCUT2D eigenvalue weighted by Gasteiger charge is 2.49. The summed E-state index contributed by atoms with van der Waals surface area (Å²) in [6.45, 7) is 8.87. The molecule has 0 aromatic rings. The van der Waals surface area contributed by atoms with Gasteiger partial charge in [0.2, 0.25) is 5.91 Å². The molecule has 1 saturated heterocycles. The van der Waals surface area contributed by atoms with E-state index in [1.54, 1.807) is 0 Å². The summed E-state index contributed by atoms with van der Waals surface area (Å²) in [7, 11) is 0. The number of nitrogens with two attached hydrogens (primary N) is 1. The summed E-state index contributed by atoms with van der Waals surface area (Å²) in [5.41, 5.74) is 6.44. The Labute approximate surface area is 128 Å². The third-order valence-corrected chi connectivity index (χ3v) is 5.82. The lowest BCUT2D eigenvalue weighted by atomic mass is 9.79. The van der Waals surface area contributed by atoms with Gasteiger partial charge in [-0.3, -0.25) is 4.79 Å². The first kappa shape index (κ1) is 15.3. The minimum Gasteiger partial charge on any atom is -0.353 e. The summed E-state index contributed by atoms with van der Waals surface area (Å²) in [5.74, 6) is 1.40. The Morgan fingerprint density at radius 1 is 1.10 bits per heavy atom. The van der Waals surface area contributed by atoms with Crippen molar-refractivity contribution in [1.29, 1.82) is 0 Å². The van der Waals surface area contributed by atoms with Gasteiger partial charge in [0.25, 0.3) is 0 Å². The minimum absolute atomic E-state index is 0.0601. The maximum atomic E-state index is 12.7. The fourth-order valence-electron chi connectivity index (χ4n) is 5.45. The molecule has 21 heavy (non-hydrogen) atoms. The molecule has 4 N–H and O–H groups in total. The summed E-state index contributed by atoms with van der Waals surface area (Å²) >= 11 is 0. The largest absolute Gasteiger partial charge is 0.353 e. The van der Waals surface area contributed by atoms with E-state index < -0.39 is 0 Å². The molecular weight excluding hydrogens is 262 g/mol.